The second kappa shape index (κ2) is 5.34. The molecule has 0 saturated carbocycles. The van der Waals surface area contributed by atoms with Crippen molar-refractivity contribution in [3.05, 3.63) is 54.2 Å². The van der Waals surface area contributed by atoms with E-state index in [9.17, 15) is 0 Å². The van der Waals surface area contributed by atoms with Gasteiger partial charge in [0, 0.05) is 0 Å². The van der Waals surface area contributed by atoms with Crippen LogP contribution in [0, 0.1) is 0 Å². The van der Waals surface area contributed by atoms with Gasteiger partial charge in [0.2, 0.25) is 0 Å². The first-order chi connectivity index (χ1) is 8.29. The Kier molecular flexibility index (Phi) is 3.60. The van der Waals surface area contributed by atoms with E-state index in [0.717, 1.165) is 12.1 Å². The average molecular weight is 227 g/mol. The average Bonchev–Trinajstić information content (AvgIpc) is 2.39. The smallest absolute Gasteiger partial charge is 0.123 e. The fourth-order valence-electron chi connectivity index (χ4n) is 1.80. The van der Waals surface area contributed by atoms with Gasteiger partial charge in [0.1, 0.15) is 5.82 Å². The molecule has 1 heterocycles. The molecule has 1 aromatic carbocycles. The van der Waals surface area contributed by atoms with E-state index in [4.69, 9.17) is 5.73 Å². The quantitative estimate of drug-likeness (QED) is 0.843. The highest BCUT2D eigenvalue weighted by molar-refractivity contribution is 5.47. The molecule has 88 valence electrons. The molecule has 2 rings (SSSR count). The van der Waals surface area contributed by atoms with Gasteiger partial charge in [0.05, 0.1) is 17.9 Å². The Bertz CT molecular complexity index is 451. The van der Waals surface area contributed by atoms with Crippen molar-refractivity contribution in [3.8, 4) is 0 Å². The van der Waals surface area contributed by atoms with Crippen molar-refractivity contribution in [1.29, 1.82) is 0 Å². The summed E-state index contributed by atoms with van der Waals surface area (Å²) in [7, 11) is 0. The van der Waals surface area contributed by atoms with E-state index in [-0.39, 0.29) is 0 Å². The Morgan fingerprint density at radius 1 is 1.18 bits per heavy atom. The summed E-state index contributed by atoms with van der Waals surface area (Å²) >= 11 is 0. The molecule has 0 bridgehead atoms. The highest BCUT2D eigenvalue weighted by Crippen LogP contribution is 2.21. The summed E-state index contributed by atoms with van der Waals surface area (Å²) < 4.78 is 0. The van der Waals surface area contributed by atoms with Gasteiger partial charge in [-0.05, 0) is 24.1 Å². The van der Waals surface area contributed by atoms with Crippen molar-refractivity contribution in [2.45, 2.75) is 19.4 Å². The standard InChI is InChI=1S/C14H17N3/c1-2-13(11-6-4-3-5-7-11)17-12-8-9-14(15)16-10-12/h3-10,13,17H,2H2,1H3,(H2,15,16). The molecule has 2 aromatic rings. The molecular weight excluding hydrogens is 210 g/mol. The molecule has 0 fully saturated rings. The van der Waals surface area contributed by atoms with Gasteiger partial charge in [0.15, 0.2) is 0 Å². The Labute approximate surface area is 102 Å². The molecule has 0 aliphatic carbocycles. The maximum Gasteiger partial charge on any atom is 0.123 e. The van der Waals surface area contributed by atoms with Gasteiger partial charge in [-0.15, -0.1) is 0 Å². The highest BCUT2D eigenvalue weighted by atomic mass is 14.9. The zero-order valence-electron chi connectivity index (χ0n) is 9.93. The van der Waals surface area contributed by atoms with Gasteiger partial charge in [-0.3, -0.25) is 0 Å². The topological polar surface area (TPSA) is 50.9 Å². The lowest BCUT2D eigenvalue weighted by molar-refractivity contribution is 0.749. The van der Waals surface area contributed by atoms with E-state index in [1.807, 2.05) is 12.1 Å². The molecule has 0 radical (unpaired) electrons. The molecule has 0 aliphatic rings. The van der Waals surface area contributed by atoms with E-state index in [2.05, 4.69) is 41.5 Å². The minimum atomic E-state index is 0.307. The number of anilines is 2. The van der Waals surface area contributed by atoms with Crippen molar-refractivity contribution in [1.82, 2.24) is 4.98 Å². The predicted octanol–water partition coefficient (Wildman–Crippen LogP) is 3.23. The monoisotopic (exact) mass is 227 g/mol. The van der Waals surface area contributed by atoms with Crippen LogP contribution in [0.3, 0.4) is 0 Å². The lowest BCUT2D eigenvalue weighted by atomic mass is 10.0. The third-order valence-corrected chi connectivity index (χ3v) is 2.74. The van der Waals surface area contributed by atoms with Crippen molar-refractivity contribution in [2.75, 3.05) is 11.1 Å². The highest BCUT2D eigenvalue weighted by Gasteiger charge is 2.08. The number of rotatable bonds is 4. The maximum atomic E-state index is 5.56. The first-order valence-corrected chi connectivity index (χ1v) is 5.82. The number of nitrogens with two attached hydrogens (primary N) is 1. The Morgan fingerprint density at radius 2 is 1.94 bits per heavy atom. The maximum absolute atomic E-state index is 5.56. The second-order valence-corrected chi connectivity index (χ2v) is 3.99. The van der Waals surface area contributed by atoms with E-state index in [1.54, 1.807) is 12.3 Å². The van der Waals surface area contributed by atoms with Crippen LogP contribution < -0.4 is 11.1 Å². The number of nitrogens with one attached hydrogen (secondary N) is 1. The van der Waals surface area contributed by atoms with Crippen LogP contribution in [0.15, 0.2) is 48.7 Å². The van der Waals surface area contributed by atoms with E-state index in [0.29, 0.717) is 11.9 Å². The summed E-state index contributed by atoms with van der Waals surface area (Å²) in [6, 6.07) is 14.5. The van der Waals surface area contributed by atoms with Crippen molar-refractivity contribution in [2.24, 2.45) is 0 Å². The Hall–Kier alpha value is -2.03. The molecular formula is C14H17N3. The molecule has 3 N–H and O–H groups in total. The van der Waals surface area contributed by atoms with Crippen LogP contribution in [-0.2, 0) is 0 Å². The van der Waals surface area contributed by atoms with Crippen molar-refractivity contribution < 1.29 is 0 Å². The fraction of sp³-hybridized carbons (Fsp3) is 0.214. The van der Waals surface area contributed by atoms with Crippen molar-refractivity contribution in [3.63, 3.8) is 0 Å². The number of benzene rings is 1. The minimum absolute atomic E-state index is 0.307. The summed E-state index contributed by atoms with van der Waals surface area (Å²) in [5.41, 5.74) is 7.84. The van der Waals surface area contributed by atoms with Crippen LogP contribution in [-0.4, -0.2) is 4.98 Å². The van der Waals surface area contributed by atoms with Gasteiger partial charge >= 0.3 is 0 Å². The van der Waals surface area contributed by atoms with Gasteiger partial charge in [0.25, 0.3) is 0 Å². The van der Waals surface area contributed by atoms with Crippen LogP contribution in [0.25, 0.3) is 0 Å². The lowest BCUT2D eigenvalue weighted by Gasteiger charge is -2.18. The fourth-order valence-corrected chi connectivity index (χ4v) is 1.80. The number of nitrogen functional groups attached to an aromatic ring is 1. The molecule has 1 atom stereocenters. The zero-order chi connectivity index (χ0) is 12.1. The van der Waals surface area contributed by atoms with Crippen LogP contribution in [0.1, 0.15) is 24.9 Å². The molecule has 0 saturated heterocycles. The summed E-state index contributed by atoms with van der Waals surface area (Å²) in [6.07, 6.45) is 2.79. The molecule has 1 unspecified atom stereocenters. The third-order valence-electron chi connectivity index (χ3n) is 2.74. The van der Waals surface area contributed by atoms with Gasteiger partial charge < -0.3 is 11.1 Å². The van der Waals surface area contributed by atoms with Crippen LogP contribution >= 0.6 is 0 Å². The van der Waals surface area contributed by atoms with E-state index < -0.39 is 0 Å². The Morgan fingerprint density at radius 3 is 2.53 bits per heavy atom. The first kappa shape index (κ1) is 11.5. The normalized spacial score (nSPS) is 12.1. The summed E-state index contributed by atoms with van der Waals surface area (Å²) in [5, 5.41) is 3.45. The molecule has 3 nitrogen and oxygen atoms in total. The molecule has 1 aromatic heterocycles. The number of hydrogen-bond acceptors (Lipinski definition) is 3. The van der Waals surface area contributed by atoms with Gasteiger partial charge in [-0.25, -0.2) is 4.98 Å². The summed E-state index contributed by atoms with van der Waals surface area (Å²) in [5.74, 6) is 0.545. The largest absolute Gasteiger partial charge is 0.384 e. The van der Waals surface area contributed by atoms with Crippen LogP contribution in [0.4, 0.5) is 11.5 Å². The Balaban J connectivity index is 2.13. The SMILES string of the molecule is CCC(Nc1ccc(N)nc1)c1ccccc1. The van der Waals surface area contributed by atoms with Crippen molar-refractivity contribution >= 4 is 11.5 Å². The third kappa shape index (κ3) is 2.97. The van der Waals surface area contributed by atoms with Gasteiger partial charge in [-0.1, -0.05) is 37.3 Å². The molecule has 17 heavy (non-hydrogen) atoms. The van der Waals surface area contributed by atoms with Crippen LogP contribution in [0.5, 0.6) is 0 Å². The number of aromatic nitrogens is 1. The van der Waals surface area contributed by atoms with E-state index in [1.165, 1.54) is 5.56 Å². The summed E-state index contributed by atoms with van der Waals surface area (Å²) in [4.78, 5) is 4.08. The lowest BCUT2D eigenvalue weighted by Crippen LogP contribution is -2.09. The molecule has 0 spiro atoms. The van der Waals surface area contributed by atoms with Crippen LogP contribution in [0.2, 0.25) is 0 Å². The molecule has 3 heteroatoms. The number of nitrogens with zero attached hydrogens (tertiary/aromatic N) is 1. The zero-order valence-corrected chi connectivity index (χ0v) is 9.93. The summed E-state index contributed by atoms with van der Waals surface area (Å²) in [6.45, 7) is 2.16. The molecule has 0 amide bonds. The van der Waals surface area contributed by atoms with Gasteiger partial charge in [-0.2, -0.15) is 0 Å². The molecule has 0 aliphatic heterocycles. The number of hydrogen-bond donors (Lipinski definition) is 2. The minimum Gasteiger partial charge on any atom is -0.384 e. The number of pyridine rings is 1. The second-order valence-electron chi connectivity index (χ2n) is 3.99. The van der Waals surface area contributed by atoms with E-state index >= 15 is 0 Å². The predicted molar refractivity (Wildman–Crippen MR) is 71.7 cm³/mol. The first-order valence-electron chi connectivity index (χ1n) is 5.82.